The van der Waals surface area contributed by atoms with Crippen LogP contribution in [0.5, 0.6) is 11.5 Å². The Balaban J connectivity index is 1.87. The van der Waals surface area contributed by atoms with Gasteiger partial charge in [0.05, 0.1) is 7.11 Å². The molecule has 0 spiro atoms. The maximum Gasteiger partial charge on any atom is 0.162 e. The molecule has 0 heterocycles. The van der Waals surface area contributed by atoms with E-state index in [0.717, 1.165) is 28.5 Å². The normalized spacial score (nSPS) is 10.7. The third kappa shape index (κ3) is 4.39. The smallest absolute Gasteiger partial charge is 0.162 e. The van der Waals surface area contributed by atoms with E-state index in [1.807, 2.05) is 72.8 Å². The summed E-state index contributed by atoms with van der Waals surface area (Å²) in [7, 11) is 1.63. The van der Waals surface area contributed by atoms with Crippen molar-refractivity contribution in [2.45, 2.75) is 6.61 Å². The molecule has 0 aliphatic rings. The number of hydrogen-bond donors (Lipinski definition) is 0. The van der Waals surface area contributed by atoms with Crippen LogP contribution >= 0.6 is 0 Å². The fourth-order valence-electron chi connectivity index (χ4n) is 2.68. The largest absolute Gasteiger partial charge is 0.493 e. The molecule has 0 aliphatic carbocycles. The minimum atomic E-state index is 0.475. The molecule has 0 aromatic heterocycles. The summed E-state index contributed by atoms with van der Waals surface area (Å²) in [6.45, 7) is 0.475. The SMILES string of the molecule is COc1ccc(-c2cccc(/C=C/C=O)c2)cc1OCc1ccccc1. The molecule has 0 atom stereocenters. The molecule has 0 fully saturated rings. The van der Waals surface area contributed by atoms with Gasteiger partial charge < -0.3 is 9.47 Å². The number of methoxy groups -OCH3 is 1. The van der Waals surface area contributed by atoms with Gasteiger partial charge in [0.1, 0.15) is 12.9 Å². The van der Waals surface area contributed by atoms with E-state index >= 15 is 0 Å². The van der Waals surface area contributed by atoms with Gasteiger partial charge in [-0.2, -0.15) is 0 Å². The first-order valence-electron chi connectivity index (χ1n) is 8.37. The van der Waals surface area contributed by atoms with Crippen LogP contribution in [-0.4, -0.2) is 13.4 Å². The fraction of sp³-hybridized carbons (Fsp3) is 0.0870. The number of rotatable bonds is 7. The highest BCUT2D eigenvalue weighted by Crippen LogP contribution is 2.33. The lowest BCUT2D eigenvalue weighted by Gasteiger charge is -2.13. The van der Waals surface area contributed by atoms with Crippen molar-refractivity contribution in [3.63, 3.8) is 0 Å². The second kappa shape index (κ2) is 8.67. The molecular weight excluding hydrogens is 324 g/mol. The Kier molecular flexibility index (Phi) is 5.84. The van der Waals surface area contributed by atoms with Gasteiger partial charge in [-0.1, -0.05) is 60.7 Å². The van der Waals surface area contributed by atoms with Gasteiger partial charge in [-0.25, -0.2) is 0 Å². The van der Waals surface area contributed by atoms with Gasteiger partial charge in [0.2, 0.25) is 0 Å². The van der Waals surface area contributed by atoms with Gasteiger partial charge in [0.15, 0.2) is 11.5 Å². The van der Waals surface area contributed by atoms with Gasteiger partial charge in [0, 0.05) is 0 Å². The Hall–Kier alpha value is -3.33. The molecule has 130 valence electrons. The molecular formula is C23H20O3. The van der Waals surface area contributed by atoms with Crippen LogP contribution in [-0.2, 0) is 11.4 Å². The van der Waals surface area contributed by atoms with Crippen molar-refractivity contribution in [3.8, 4) is 22.6 Å². The van der Waals surface area contributed by atoms with Crippen LogP contribution in [0.2, 0.25) is 0 Å². The number of ether oxygens (including phenoxy) is 2. The van der Waals surface area contributed by atoms with E-state index in [2.05, 4.69) is 0 Å². The Labute approximate surface area is 153 Å². The summed E-state index contributed by atoms with van der Waals surface area (Å²) in [4.78, 5) is 10.5. The van der Waals surface area contributed by atoms with E-state index in [1.54, 1.807) is 13.2 Å². The molecule has 26 heavy (non-hydrogen) atoms. The lowest BCUT2D eigenvalue weighted by atomic mass is 10.0. The zero-order valence-corrected chi connectivity index (χ0v) is 14.6. The average Bonchev–Trinajstić information content (AvgIpc) is 2.71. The van der Waals surface area contributed by atoms with Crippen molar-refractivity contribution in [2.75, 3.05) is 7.11 Å². The third-order valence-corrected chi connectivity index (χ3v) is 3.99. The van der Waals surface area contributed by atoms with Gasteiger partial charge in [0.25, 0.3) is 0 Å². The summed E-state index contributed by atoms with van der Waals surface area (Å²) in [5, 5.41) is 0. The van der Waals surface area contributed by atoms with Crippen LogP contribution in [0.1, 0.15) is 11.1 Å². The predicted octanol–water partition coefficient (Wildman–Crippen LogP) is 5.15. The van der Waals surface area contributed by atoms with E-state index < -0.39 is 0 Å². The molecule has 0 radical (unpaired) electrons. The molecule has 0 N–H and O–H groups in total. The van der Waals surface area contributed by atoms with Crippen LogP contribution in [0.25, 0.3) is 17.2 Å². The predicted molar refractivity (Wildman–Crippen MR) is 104 cm³/mol. The average molecular weight is 344 g/mol. The first-order valence-corrected chi connectivity index (χ1v) is 8.37. The molecule has 0 saturated carbocycles. The number of carbonyl (C=O) groups excluding carboxylic acids is 1. The van der Waals surface area contributed by atoms with Crippen molar-refractivity contribution in [1.29, 1.82) is 0 Å². The standard InChI is InChI=1S/C23H20O3/c1-25-22-13-12-21(20-11-5-9-18(15-20)10-6-14-24)16-23(22)26-17-19-7-3-2-4-8-19/h2-16H,17H2,1H3/b10-6+. The quantitative estimate of drug-likeness (QED) is 0.439. The van der Waals surface area contributed by atoms with Crippen molar-refractivity contribution in [1.82, 2.24) is 0 Å². The van der Waals surface area contributed by atoms with Gasteiger partial charge in [-0.15, -0.1) is 0 Å². The Morgan fingerprint density at radius 3 is 2.42 bits per heavy atom. The minimum Gasteiger partial charge on any atom is -0.493 e. The third-order valence-electron chi connectivity index (χ3n) is 3.99. The summed E-state index contributed by atoms with van der Waals surface area (Å²) in [5.74, 6) is 1.39. The van der Waals surface area contributed by atoms with E-state index in [0.29, 0.717) is 18.1 Å². The van der Waals surface area contributed by atoms with E-state index in [4.69, 9.17) is 9.47 Å². The number of allylic oxidation sites excluding steroid dienone is 1. The fourth-order valence-corrected chi connectivity index (χ4v) is 2.68. The molecule has 3 nitrogen and oxygen atoms in total. The second-order valence-electron chi connectivity index (χ2n) is 5.76. The molecule has 0 amide bonds. The zero-order chi connectivity index (χ0) is 18.2. The second-order valence-corrected chi connectivity index (χ2v) is 5.76. The highest BCUT2D eigenvalue weighted by Gasteiger charge is 2.08. The topological polar surface area (TPSA) is 35.5 Å². The van der Waals surface area contributed by atoms with Crippen LogP contribution < -0.4 is 9.47 Å². The number of benzene rings is 3. The number of aldehydes is 1. The first kappa shape index (κ1) is 17.5. The van der Waals surface area contributed by atoms with Crippen molar-refractivity contribution >= 4 is 12.4 Å². The van der Waals surface area contributed by atoms with Crippen LogP contribution in [0.3, 0.4) is 0 Å². The van der Waals surface area contributed by atoms with E-state index in [1.165, 1.54) is 6.08 Å². The lowest BCUT2D eigenvalue weighted by molar-refractivity contribution is -0.104. The van der Waals surface area contributed by atoms with Crippen LogP contribution in [0.15, 0.2) is 78.9 Å². The van der Waals surface area contributed by atoms with Crippen LogP contribution in [0, 0.1) is 0 Å². The first-order chi connectivity index (χ1) is 12.8. The molecule has 0 bridgehead atoms. The molecule has 0 saturated heterocycles. The zero-order valence-electron chi connectivity index (χ0n) is 14.6. The Morgan fingerprint density at radius 2 is 1.65 bits per heavy atom. The van der Waals surface area contributed by atoms with Crippen molar-refractivity contribution in [3.05, 3.63) is 90.0 Å². The molecule has 3 aromatic rings. The van der Waals surface area contributed by atoms with Crippen molar-refractivity contribution in [2.24, 2.45) is 0 Å². The summed E-state index contributed by atoms with van der Waals surface area (Å²) in [6.07, 6.45) is 4.05. The highest BCUT2D eigenvalue weighted by molar-refractivity contribution is 5.76. The lowest BCUT2D eigenvalue weighted by Crippen LogP contribution is -1.98. The van der Waals surface area contributed by atoms with Gasteiger partial charge >= 0.3 is 0 Å². The number of carbonyl (C=O) groups is 1. The molecule has 3 aromatic carbocycles. The number of hydrogen-bond acceptors (Lipinski definition) is 3. The summed E-state index contributed by atoms with van der Waals surface area (Å²) in [6, 6.07) is 23.9. The molecule has 0 unspecified atom stereocenters. The van der Waals surface area contributed by atoms with E-state index in [-0.39, 0.29) is 0 Å². The Morgan fingerprint density at radius 1 is 0.846 bits per heavy atom. The monoisotopic (exact) mass is 344 g/mol. The summed E-state index contributed by atoms with van der Waals surface area (Å²) < 4.78 is 11.4. The summed E-state index contributed by atoms with van der Waals surface area (Å²) in [5.41, 5.74) is 4.14. The Bertz CT molecular complexity index is 898. The molecule has 0 aliphatic heterocycles. The maximum atomic E-state index is 10.5. The van der Waals surface area contributed by atoms with Crippen molar-refractivity contribution < 1.29 is 14.3 Å². The molecule has 3 heteroatoms. The minimum absolute atomic E-state index is 0.475. The van der Waals surface area contributed by atoms with Gasteiger partial charge in [-0.05, 0) is 46.5 Å². The maximum absolute atomic E-state index is 10.5. The molecule has 3 rings (SSSR count). The summed E-state index contributed by atoms with van der Waals surface area (Å²) >= 11 is 0. The van der Waals surface area contributed by atoms with Crippen LogP contribution in [0.4, 0.5) is 0 Å². The van der Waals surface area contributed by atoms with E-state index in [9.17, 15) is 4.79 Å². The highest BCUT2D eigenvalue weighted by atomic mass is 16.5. The van der Waals surface area contributed by atoms with Gasteiger partial charge in [-0.3, -0.25) is 4.79 Å².